The second-order valence-corrected chi connectivity index (χ2v) is 4.33. The van der Waals surface area contributed by atoms with Crippen molar-refractivity contribution in [3.05, 3.63) is 34.1 Å². The fraction of sp³-hybridized carbons (Fsp3) is 0.273. The molecule has 0 fully saturated rings. The Morgan fingerprint density at radius 2 is 2.06 bits per heavy atom. The van der Waals surface area contributed by atoms with E-state index in [1.54, 1.807) is 0 Å². The van der Waals surface area contributed by atoms with E-state index in [1.807, 2.05) is 28.8 Å². The number of nitrogens with one attached hydrogen (secondary N) is 1. The molecule has 0 aliphatic heterocycles. The molecule has 16 heavy (non-hydrogen) atoms. The molecule has 2 aromatic rings. The molecule has 0 atom stereocenters. The topological polar surface area (TPSA) is 33.6 Å². The van der Waals surface area contributed by atoms with E-state index in [0.29, 0.717) is 4.77 Å². The lowest BCUT2D eigenvalue weighted by atomic mass is 10.2. The van der Waals surface area contributed by atoms with Gasteiger partial charge in [-0.25, -0.2) is 0 Å². The summed E-state index contributed by atoms with van der Waals surface area (Å²) in [7, 11) is 0. The van der Waals surface area contributed by atoms with E-state index in [-0.39, 0.29) is 0 Å². The number of hydrogen-bond donors (Lipinski definition) is 1. The number of benzene rings is 1. The highest BCUT2D eigenvalue weighted by atomic mass is 35.5. The molecule has 0 amide bonds. The third kappa shape index (κ3) is 2.18. The molecule has 1 aromatic carbocycles. The molecule has 0 unspecified atom stereocenters. The molecule has 0 saturated carbocycles. The normalized spacial score (nSPS) is 10.6. The van der Waals surface area contributed by atoms with Gasteiger partial charge in [-0.15, -0.1) is 0 Å². The van der Waals surface area contributed by atoms with Crippen LogP contribution in [-0.2, 0) is 6.54 Å². The van der Waals surface area contributed by atoms with E-state index in [1.165, 1.54) is 0 Å². The predicted molar refractivity (Wildman–Crippen MR) is 68.1 cm³/mol. The zero-order valence-electron chi connectivity index (χ0n) is 8.90. The van der Waals surface area contributed by atoms with E-state index in [9.17, 15) is 0 Å². The van der Waals surface area contributed by atoms with Crippen LogP contribution >= 0.6 is 23.8 Å². The van der Waals surface area contributed by atoms with E-state index in [4.69, 9.17) is 23.8 Å². The lowest BCUT2D eigenvalue weighted by Gasteiger charge is -2.04. The Balaban J connectivity index is 2.47. The predicted octanol–water partition coefficient (Wildman–Crippen LogP) is 3.67. The quantitative estimate of drug-likeness (QED) is 0.847. The highest BCUT2D eigenvalue weighted by Crippen LogP contribution is 2.19. The summed E-state index contributed by atoms with van der Waals surface area (Å²) in [4.78, 5) is 0. The first-order valence-electron chi connectivity index (χ1n) is 5.13. The highest BCUT2D eigenvalue weighted by molar-refractivity contribution is 7.71. The molecule has 5 heteroatoms. The van der Waals surface area contributed by atoms with Gasteiger partial charge in [0.05, 0.1) is 0 Å². The van der Waals surface area contributed by atoms with Gasteiger partial charge in [-0.05, 0) is 42.9 Å². The van der Waals surface area contributed by atoms with Crippen molar-refractivity contribution in [1.29, 1.82) is 0 Å². The first kappa shape index (κ1) is 11.4. The minimum atomic E-state index is 0.659. The SMILES string of the molecule is CCCn1c(-c2ccc(Cl)cc2)n[nH]c1=S. The first-order chi connectivity index (χ1) is 7.72. The van der Waals surface area contributed by atoms with Crippen LogP contribution in [-0.4, -0.2) is 14.8 Å². The summed E-state index contributed by atoms with van der Waals surface area (Å²) in [5.41, 5.74) is 1.02. The van der Waals surface area contributed by atoms with Gasteiger partial charge in [-0.3, -0.25) is 5.10 Å². The largest absolute Gasteiger partial charge is 0.300 e. The van der Waals surface area contributed by atoms with Crippen molar-refractivity contribution in [2.45, 2.75) is 19.9 Å². The Labute approximate surface area is 104 Å². The number of hydrogen-bond acceptors (Lipinski definition) is 2. The van der Waals surface area contributed by atoms with Crippen molar-refractivity contribution in [3.63, 3.8) is 0 Å². The van der Waals surface area contributed by atoms with E-state index in [0.717, 1.165) is 29.4 Å². The Hall–Kier alpha value is -1.13. The summed E-state index contributed by atoms with van der Waals surface area (Å²) in [5, 5.41) is 7.78. The lowest BCUT2D eigenvalue weighted by Crippen LogP contribution is -1.99. The van der Waals surface area contributed by atoms with Crippen molar-refractivity contribution in [3.8, 4) is 11.4 Å². The molecule has 1 N–H and O–H groups in total. The number of halogens is 1. The molecule has 1 aromatic heterocycles. The van der Waals surface area contributed by atoms with Gasteiger partial charge in [0.2, 0.25) is 0 Å². The van der Waals surface area contributed by atoms with Crippen LogP contribution in [0, 0.1) is 4.77 Å². The average Bonchev–Trinajstić information content (AvgIpc) is 2.63. The standard InChI is InChI=1S/C11H12ClN3S/c1-2-7-15-10(13-14-11(15)16)8-3-5-9(12)6-4-8/h3-6H,2,7H2,1H3,(H,14,16). The molecule has 2 rings (SSSR count). The summed E-state index contributed by atoms with van der Waals surface area (Å²) in [6.45, 7) is 2.98. The van der Waals surface area contributed by atoms with Crippen molar-refractivity contribution in [1.82, 2.24) is 14.8 Å². The zero-order chi connectivity index (χ0) is 11.5. The second-order valence-electron chi connectivity index (χ2n) is 3.51. The summed E-state index contributed by atoms with van der Waals surface area (Å²) in [6.07, 6.45) is 1.02. The van der Waals surface area contributed by atoms with Gasteiger partial charge in [-0.2, -0.15) is 5.10 Å². The zero-order valence-corrected chi connectivity index (χ0v) is 10.5. The molecule has 0 spiro atoms. The lowest BCUT2D eigenvalue weighted by molar-refractivity contribution is 0.675. The highest BCUT2D eigenvalue weighted by Gasteiger charge is 2.07. The molecule has 0 aliphatic rings. The Morgan fingerprint density at radius 1 is 1.38 bits per heavy atom. The Morgan fingerprint density at radius 3 is 2.69 bits per heavy atom. The third-order valence-corrected chi connectivity index (χ3v) is 2.87. The Bertz CT molecular complexity index is 527. The number of aromatic nitrogens is 3. The van der Waals surface area contributed by atoms with Crippen LogP contribution in [0.1, 0.15) is 13.3 Å². The van der Waals surface area contributed by atoms with Gasteiger partial charge in [0, 0.05) is 17.1 Å². The van der Waals surface area contributed by atoms with Crippen LogP contribution in [0.3, 0.4) is 0 Å². The maximum atomic E-state index is 5.85. The average molecular weight is 254 g/mol. The molecule has 0 radical (unpaired) electrons. The molecule has 0 bridgehead atoms. The smallest absolute Gasteiger partial charge is 0.195 e. The molecular formula is C11H12ClN3S. The van der Waals surface area contributed by atoms with Crippen LogP contribution in [0.25, 0.3) is 11.4 Å². The summed E-state index contributed by atoms with van der Waals surface area (Å²) < 4.78 is 2.66. The molecule has 84 valence electrons. The van der Waals surface area contributed by atoms with Gasteiger partial charge >= 0.3 is 0 Å². The molecule has 0 aliphatic carbocycles. The Kier molecular flexibility index (Phi) is 3.41. The maximum absolute atomic E-state index is 5.85. The minimum Gasteiger partial charge on any atom is -0.300 e. The van der Waals surface area contributed by atoms with Gasteiger partial charge < -0.3 is 4.57 Å². The summed E-state index contributed by atoms with van der Waals surface area (Å²) >= 11 is 11.0. The van der Waals surface area contributed by atoms with Crippen LogP contribution < -0.4 is 0 Å². The number of rotatable bonds is 3. The number of nitrogens with zero attached hydrogens (tertiary/aromatic N) is 2. The fourth-order valence-corrected chi connectivity index (χ4v) is 1.92. The minimum absolute atomic E-state index is 0.659. The first-order valence-corrected chi connectivity index (χ1v) is 5.92. The molecule has 1 heterocycles. The van der Waals surface area contributed by atoms with Crippen molar-refractivity contribution in [2.24, 2.45) is 0 Å². The molecular weight excluding hydrogens is 242 g/mol. The van der Waals surface area contributed by atoms with Gasteiger partial charge in [0.15, 0.2) is 10.6 Å². The van der Waals surface area contributed by atoms with Gasteiger partial charge in [0.25, 0.3) is 0 Å². The van der Waals surface area contributed by atoms with Crippen molar-refractivity contribution >= 4 is 23.8 Å². The van der Waals surface area contributed by atoms with Crippen LogP contribution in [0.2, 0.25) is 5.02 Å². The summed E-state index contributed by atoms with van der Waals surface area (Å²) in [6, 6.07) is 7.59. The van der Waals surface area contributed by atoms with Gasteiger partial charge in [0.1, 0.15) is 0 Å². The van der Waals surface area contributed by atoms with Gasteiger partial charge in [-0.1, -0.05) is 18.5 Å². The second kappa shape index (κ2) is 4.80. The van der Waals surface area contributed by atoms with Crippen molar-refractivity contribution in [2.75, 3.05) is 0 Å². The molecule has 3 nitrogen and oxygen atoms in total. The van der Waals surface area contributed by atoms with Crippen LogP contribution in [0.4, 0.5) is 0 Å². The number of aromatic amines is 1. The van der Waals surface area contributed by atoms with E-state index >= 15 is 0 Å². The van der Waals surface area contributed by atoms with Crippen molar-refractivity contribution < 1.29 is 0 Å². The fourth-order valence-electron chi connectivity index (χ4n) is 1.57. The van der Waals surface area contributed by atoms with E-state index in [2.05, 4.69) is 17.1 Å². The maximum Gasteiger partial charge on any atom is 0.195 e. The van der Waals surface area contributed by atoms with Crippen LogP contribution in [0.15, 0.2) is 24.3 Å². The number of H-pyrrole nitrogens is 1. The van der Waals surface area contributed by atoms with Crippen LogP contribution in [0.5, 0.6) is 0 Å². The molecule has 0 saturated heterocycles. The third-order valence-electron chi connectivity index (χ3n) is 2.31. The monoisotopic (exact) mass is 253 g/mol. The van der Waals surface area contributed by atoms with E-state index < -0.39 is 0 Å². The summed E-state index contributed by atoms with van der Waals surface area (Å²) in [5.74, 6) is 0.864.